The fourth-order valence-electron chi connectivity index (χ4n) is 3.64. The summed E-state index contributed by atoms with van der Waals surface area (Å²) >= 11 is 0. The SMILES string of the molecule is COc1ccc(N2C(=O)C(C)(C)C3CC=C(c4cnc(C)nc4)C=C32)nn1. The molecule has 4 rings (SSSR count). The molecule has 2 aliphatic rings. The van der Waals surface area contributed by atoms with Crippen LogP contribution in [0.4, 0.5) is 5.82 Å². The second-order valence-corrected chi connectivity index (χ2v) is 7.33. The minimum absolute atomic E-state index is 0.0213. The van der Waals surface area contributed by atoms with Crippen molar-refractivity contribution in [3.05, 3.63) is 53.8 Å². The number of methoxy groups -OCH3 is 1. The molecule has 1 amide bonds. The van der Waals surface area contributed by atoms with E-state index in [9.17, 15) is 4.79 Å². The Hall–Kier alpha value is -3.09. The lowest BCUT2D eigenvalue weighted by Crippen LogP contribution is -2.31. The number of anilines is 1. The number of carbonyl (C=O) groups is 1. The van der Waals surface area contributed by atoms with E-state index < -0.39 is 5.41 Å². The van der Waals surface area contributed by atoms with Gasteiger partial charge in [-0.3, -0.25) is 9.69 Å². The van der Waals surface area contributed by atoms with Crippen LogP contribution in [0.15, 0.2) is 42.4 Å². The van der Waals surface area contributed by atoms with E-state index in [1.807, 2.05) is 39.2 Å². The quantitative estimate of drug-likeness (QED) is 0.834. The first-order valence-electron chi connectivity index (χ1n) is 8.85. The highest BCUT2D eigenvalue weighted by Crippen LogP contribution is 2.50. The monoisotopic (exact) mass is 363 g/mol. The molecule has 138 valence electrons. The second-order valence-electron chi connectivity index (χ2n) is 7.33. The molecule has 0 aromatic carbocycles. The summed E-state index contributed by atoms with van der Waals surface area (Å²) in [6.07, 6.45) is 8.59. The number of hydrogen-bond donors (Lipinski definition) is 0. The van der Waals surface area contributed by atoms with Gasteiger partial charge in [-0.2, -0.15) is 0 Å². The minimum Gasteiger partial charge on any atom is -0.480 e. The number of ether oxygens (including phenoxy) is 1. The fourth-order valence-corrected chi connectivity index (χ4v) is 3.64. The Balaban J connectivity index is 1.77. The third-order valence-electron chi connectivity index (χ3n) is 5.30. The van der Waals surface area contributed by atoms with Gasteiger partial charge in [-0.1, -0.05) is 19.9 Å². The highest BCUT2D eigenvalue weighted by molar-refractivity contribution is 6.04. The predicted molar refractivity (Wildman–Crippen MR) is 101 cm³/mol. The topological polar surface area (TPSA) is 81.1 Å². The normalized spacial score (nSPS) is 20.8. The van der Waals surface area contributed by atoms with Crippen LogP contribution in [0.2, 0.25) is 0 Å². The third-order valence-corrected chi connectivity index (χ3v) is 5.30. The molecule has 0 saturated carbocycles. The summed E-state index contributed by atoms with van der Waals surface area (Å²) in [6, 6.07) is 3.47. The first-order chi connectivity index (χ1) is 12.9. The Morgan fingerprint density at radius 3 is 2.56 bits per heavy atom. The maximum absolute atomic E-state index is 13.2. The molecule has 1 aliphatic carbocycles. The van der Waals surface area contributed by atoms with Gasteiger partial charge in [-0.05, 0) is 31.1 Å². The van der Waals surface area contributed by atoms with E-state index in [2.05, 4.69) is 26.2 Å². The van der Waals surface area contributed by atoms with E-state index in [4.69, 9.17) is 4.74 Å². The van der Waals surface area contributed by atoms with Gasteiger partial charge in [0.2, 0.25) is 11.8 Å². The summed E-state index contributed by atoms with van der Waals surface area (Å²) in [5.41, 5.74) is 2.37. The van der Waals surface area contributed by atoms with Gasteiger partial charge in [-0.15, -0.1) is 10.2 Å². The number of carbonyl (C=O) groups excluding carboxylic acids is 1. The molecule has 27 heavy (non-hydrogen) atoms. The first kappa shape index (κ1) is 17.3. The van der Waals surface area contributed by atoms with Gasteiger partial charge in [0.15, 0.2) is 5.82 Å². The Labute approximate surface area is 157 Å². The van der Waals surface area contributed by atoms with Crippen LogP contribution >= 0.6 is 0 Å². The summed E-state index contributed by atoms with van der Waals surface area (Å²) in [6.45, 7) is 5.83. The summed E-state index contributed by atoms with van der Waals surface area (Å²) < 4.78 is 5.08. The van der Waals surface area contributed by atoms with Crippen LogP contribution in [-0.2, 0) is 4.79 Å². The predicted octanol–water partition coefficient (Wildman–Crippen LogP) is 2.94. The average Bonchev–Trinajstić information content (AvgIpc) is 2.88. The van der Waals surface area contributed by atoms with Crippen molar-refractivity contribution in [1.82, 2.24) is 20.2 Å². The molecular formula is C20H21N5O2. The number of hydrogen-bond acceptors (Lipinski definition) is 6. The standard InChI is InChI=1S/C20H21N5O2/c1-12-21-10-14(11-22-12)13-5-6-15-16(9-13)25(19(26)20(15,2)3)17-7-8-18(27-4)24-23-17/h5,7-11,15H,6H2,1-4H3. The number of allylic oxidation sites excluding steroid dienone is 4. The molecule has 0 radical (unpaired) electrons. The van der Waals surface area contributed by atoms with E-state index in [0.717, 1.165) is 29.1 Å². The van der Waals surface area contributed by atoms with Crippen molar-refractivity contribution in [3.63, 3.8) is 0 Å². The van der Waals surface area contributed by atoms with Gasteiger partial charge in [0.1, 0.15) is 5.82 Å². The van der Waals surface area contributed by atoms with E-state index >= 15 is 0 Å². The van der Waals surface area contributed by atoms with E-state index in [-0.39, 0.29) is 11.8 Å². The molecule has 7 heteroatoms. The van der Waals surface area contributed by atoms with Crippen LogP contribution < -0.4 is 9.64 Å². The lowest BCUT2D eigenvalue weighted by Gasteiger charge is -2.25. The van der Waals surface area contributed by atoms with E-state index in [1.165, 1.54) is 7.11 Å². The molecule has 0 N–H and O–H groups in total. The van der Waals surface area contributed by atoms with Crippen LogP contribution in [0, 0.1) is 18.3 Å². The molecule has 2 aromatic heterocycles. The number of amides is 1. The van der Waals surface area contributed by atoms with E-state index in [1.54, 1.807) is 17.0 Å². The van der Waals surface area contributed by atoms with Crippen molar-refractivity contribution in [2.45, 2.75) is 27.2 Å². The Kier molecular flexibility index (Phi) is 4.02. The van der Waals surface area contributed by atoms with Crippen molar-refractivity contribution in [2.75, 3.05) is 12.0 Å². The molecule has 0 bridgehead atoms. The summed E-state index contributed by atoms with van der Waals surface area (Å²) in [5.74, 6) is 1.75. The smallest absolute Gasteiger partial charge is 0.238 e. The maximum atomic E-state index is 13.2. The molecule has 3 heterocycles. The molecule has 1 atom stereocenters. The number of rotatable bonds is 3. The summed E-state index contributed by atoms with van der Waals surface area (Å²) in [5, 5.41) is 8.21. The third kappa shape index (κ3) is 2.79. The second kappa shape index (κ2) is 6.26. The van der Waals surface area contributed by atoms with Crippen molar-refractivity contribution < 1.29 is 9.53 Å². The molecular weight excluding hydrogens is 342 g/mol. The molecule has 1 aliphatic heterocycles. The zero-order valence-corrected chi connectivity index (χ0v) is 15.8. The van der Waals surface area contributed by atoms with Gasteiger partial charge >= 0.3 is 0 Å². The molecule has 1 saturated heterocycles. The lowest BCUT2D eigenvalue weighted by atomic mass is 9.75. The highest BCUT2D eigenvalue weighted by atomic mass is 16.5. The highest BCUT2D eigenvalue weighted by Gasteiger charge is 2.51. The van der Waals surface area contributed by atoms with Crippen molar-refractivity contribution in [2.24, 2.45) is 11.3 Å². The molecule has 7 nitrogen and oxygen atoms in total. The lowest BCUT2D eigenvalue weighted by molar-refractivity contribution is -0.125. The van der Waals surface area contributed by atoms with Crippen molar-refractivity contribution >= 4 is 17.3 Å². The zero-order chi connectivity index (χ0) is 19.2. The molecule has 1 fully saturated rings. The van der Waals surface area contributed by atoms with Crippen molar-refractivity contribution in [1.29, 1.82) is 0 Å². The fraction of sp³-hybridized carbons (Fsp3) is 0.350. The van der Waals surface area contributed by atoms with Crippen molar-refractivity contribution in [3.8, 4) is 5.88 Å². The van der Waals surface area contributed by atoms with Crippen LogP contribution in [-0.4, -0.2) is 33.2 Å². The number of aromatic nitrogens is 4. The summed E-state index contributed by atoms with van der Waals surface area (Å²) in [7, 11) is 1.54. The molecule has 1 unspecified atom stereocenters. The molecule has 2 aromatic rings. The number of fused-ring (bicyclic) bond motifs is 1. The Morgan fingerprint density at radius 1 is 1.19 bits per heavy atom. The van der Waals surface area contributed by atoms with Gasteiger partial charge in [0.25, 0.3) is 0 Å². The minimum atomic E-state index is -0.515. The summed E-state index contributed by atoms with van der Waals surface area (Å²) in [4.78, 5) is 23.4. The van der Waals surface area contributed by atoms with Crippen LogP contribution in [0.5, 0.6) is 5.88 Å². The maximum Gasteiger partial charge on any atom is 0.238 e. The average molecular weight is 363 g/mol. The van der Waals surface area contributed by atoms with Crippen LogP contribution in [0.3, 0.4) is 0 Å². The zero-order valence-electron chi connectivity index (χ0n) is 15.8. The Bertz CT molecular complexity index is 945. The van der Waals surface area contributed by atoms with Gasteiger partial charge in [-0.25, -0.2) is 9.97 Å². The van der Waals surface area contributed by atoms with Gasteiger partial charge in [0.05, 0.1) is 12.5 Å². The van der Waals surface area contributed by atoms with Crippen LogP contribution in [0.25, 0.3) is 5.57 Å². The Morgan fingerprint density at radius 2 is 1.93 bits per heavy atom. The van der Waals surface area contributed by atoms with E-state index in [0.29, 0.717) is 11.7 Å². The number of nitrogens with zero attached hydrogens (tertiary/aromatic N) is 5. The van der Waals surface area contributed by atoms with Gasteiger partial charge < -0.3 is 4.74 Å². The van der Waals surface area contributed by atoms with Crippen LogP contribution in [0.1, 0.15) is 31.7 Å². The first-order valence-corrected chi connectivity index (χ1v) is 8.85. The van der Waals surface area contributed by atoms with Gasteiger partial charge in [0, 0.05) is 35.6 Å². The number of aryl methyl sites for hydroxylation is 1. The molecule has 0 spiro atoms. The largest absolute Gasteiger partial charge is 0.480 e.